The number of fused-ring (bicyclic) bond motifs is 2. The van der Waals surface area contributed by atoms with Gasteiger partial charge in [-0.3, -0.25) is 15.2 Å². The average Bonchev–Trinajstić information content (AvgIpc) is 2.82. The van der Waals surface area contributed by atoms with Gasteiger partial charge in [0, 0.05) is 29.5 Å². The molecule has 0 spiro atoms. The highest BCUT2D eigenvalue weighted by atomic mass is 35.5. The Morgan fingerprint density at radius 3 is 2.47 bits per heavy atom. The summed E-state index contributed by atoms with van der Waals surface area (Å²) in [5, 5.41) is 4.98. The van der Waals surface area contributed by atoms with Gasteiger partial charge in [0.15, 0.2) is 0 Å². The zero-order valence-corrected chi connectivity index (χ0v) is 20.3. The topological polar surface area (TPSA) is 44.8 Å². The van der Waals surface area contributed by atoms with E-state index in [0.717, 1.165) is 39.0 Å². The molecule has 172 valence electrons. The van der Waals surface area contributed by atoms with Crippen LogP contribution in [0.5, 0.6) is 5.75 Å². The second kappa shape index (κ2) is 9.09. The second-order valence-electron chi connectivity index (χ2n) is 8.32. The van der Waals surface area contributed by atoms with Crippen molar-refractivity contribution in [1.29, 1.82) is 0 Å². The Kier molecular flexibility index (Phi) is 5.98. The number of hydrogen-bond donors (Lipinski definition) is 1. The molecule has 0 aliphatic carbocycles. The zero-order chi connectivity index (χ0) is 23.8. The van der Waals surface area contributed by atoms with Crippen LogP contribution in [-0.4, -0.2) is 33.2 Å². The van der Waals surface area contributed by atoms with Crippen molar-refractivity contribution in [2.75, 3.05) is 37.2 Å². The van der Waals surface area contributed by atoms with Gasteiger partial charge in [-0.1, -0.05) is 59.6 Å². The smallest absolute Gasteiger partial charge is 0.271 e. The van der Waals surface area contributed by atoms with Gasteiger partial charge in [0.2, 0.25) is 0 Å². The Bertz CT molecular complexity index is 1380. The van der Waals surface area contributed by atoms with Crippen LogP contribution < -0.4 is 20.1 Å². The standard InChI is InChI=1S/C27H23Cl2N3O2/c1-31(2)26-22-7-5-6-20(17-14-18(28)16-19(29)15-17)21(22)10-11-23(26)27(33)30-32-12-13-34-25-9-4-3-8-24(25)32/h3-11,14-16H,12-13H2,1-2H3,(H,30,33). The molecule has 4 aromatic rings. The van der Waals surface area contributed by atoms with Crippen LogP contribution in [0, 0.1) is 0 Å². The summed E-state index contributed by atoms with van der Waals surface area (Å²) in [7, 11) is 3.89. The molecule has 4 aromatic carbocycles. The normalized spacial score (nSPS) is 12.8. The van der Waals surface area contributed by atoms with Gasteiger partial charge < -0.3 is 9.64 Å². The molecule has 1 amide bonds. The molecule has 0 saturated heterocycles. The molecule has 0 radical (unpaired) electrons. The number of nitrogens with one attached hydrogen (secondary N) is 1. The number of para-hydroxylation sites is 2. The van der Waals surface area contributed by atoms with Crippen LogP contribution >= 0.6 is 23.2 Å². The quantitative estimate of drug-likeness (QED) is 0.357. The van der Waals surface area contributed by atoms with Crippen LogP contribution in [0.3, 0.4) is 0 Å². The van der Waals surface area contributed by atoms with Crippen molar-refractivity contribution in [3.63, 3.8) is 0 Å². The molecule has 0 fully saturated rings. The van der Waals surface area contributed by atoms with E-state index in [1.807, 2.05) is 90.7 Å². The van der Waals surface area contributed by atoms with E-state index in [1.165, 1.54) is 0 Å². The van der Waals surface area contributed by atoms with Crippen molar-refractivity contribution in [2.45, 2.75) is 0 Å². The number of carbonyl (C=O) groups excluding carboxylic acids is 1. The number of hydrogen-bond acceptors (Lipinski definition) is 4. The maximum absolute atomic E-state index is 13.5. The minimum absolute atomic E-state index is 0.182. The molecule has 5 nitrogen and oxygen atoms in total. The predicted octanol–water partition coefficient (Wildman–Crippen LogP) is 6.42. The van der Waals surface area contributed by atoms with Gasteiger partial charge in [0.05, 0.1) is 23.5 Å². The van der Waals surface area contributed by atoms with Gasteiger partial charge in [-0.25, -0.2) is 0 Å². The van der Waals surface area contributed by atoms with Gasteiger partial charge in [-0.15, -0.1) is 0 Å². The van der Waals surface area contributed by atoms with Crippen LogP contribution in [0.2, 0.25) is 10.0 Å². The summed E-state index contributed by atoms with van der Waals surface area (Å²) < 4.78 is 5.71. The summed E-state index contributed by atoms with van der Waals surface area (Å²) in [5.74, 6) is 0.573. The highest BCUT2D eigenvalue weighted by Crippen LogP contribution is 2.38. The first kappa shape index (κ1) is 22.4. The van der Waals surface area contributed by atoms with Crippen LogP contribution in [0.4, 0.5) is 11.4 Å². The first-order valence-corrected chi connectivity index (χ1v) is 11.7. The maximum Gasteiger partial charge on any atom is 0.271 e. The van der Waals surface area contributed by atoms with Crippen molar-refractivity contribution in [3.8, 4) is 16.9 Å². The first-order chi connectivity index (χ1) is 16.4. The van der Waals surface area contributed by atoms with E-state index in [1.54, 1.807) is 6.07 Å². The Morgan fingerprint density at radius 1 is 0.941 bits per heavy atom. The number of nitrogens with zero attached hydrogens (tertiary/aromatic N) is 2. The van der Waals surface area contributed by atoms with Crippen molar-refractivity contribution >= 4 is 51.3 Å². The molecule has 34 heavy (non-hydrogen) atoms. The summed E-state index contributed by atoms with van der Waals surface area (Å²) in [6.45, 7) is 1.06. The molecule has 7 heteroatoms. The Balaban J connectivity index is 1.58. The molecular formula is C27H23Cl2N3O2. The van der Waals surface area contributed by atoms with Crippen molar-refractivity contribution < 1.29 is 9.53 Å². The fourth-order valence-electron chi connectivity index (χ4n) is 4.44. The summed E-state index contributed by atoms with van der Waals surface area (Å²) in [6, 6.07) is 23.1. The molecule has 1 aliphatic rings. The predicted molar refractivity (Wildman–Crippen MR) is 140 cm³/mol. The van der Waals surface area contributed by atoms with Crippen molar-refractivity contribution in [3.05, 3.63) is 88.4 Å². The minimum Gasteiger partial charge on any atom is -0.489 e. The molecule has 1 N–H and O–H groups in total. The Morgan fingerprint density at radius 2 is 1.71 bits per heavy atom. The van der Waals surface area contributed by atoms with Crippen LogP contribution in [0.15, 0.2) is 72.8 Å². The van der Waals surface area contributed by atoms with Gasteiger partial charge >= 0.3 is 0 Å². The summed E-state index contributed by atoms with van der Waals surface area (Å²) in [6.07, 6.45) is 0. The second-order valence-corrected chi connectivity index (χ2v) is 9.20. The number of rotatable bonds is 4. The summed E-state index contributed by atoms with van der Waals surface area (Å²) in [5.41, 5.74) is 7.26. The largest absolute Gasteiger partial charge is 0.489 e. The van der Waals surface area contributed by atoms with Gasteiger partial charge in [-0.2, -0.15) is 0 Å². The van der Waals surface area contributed by atoms with Crippen molar-refractivity contribution in [2.24, 2.45) is 0 Å². The summed E-state index contributed by atoms with van der Waals surface area (Å²) in [4.78, 5) is 15.5. The van der Waals surface area contributed by atoms with Gasteiger partial charge in [0.1, 0.15) is 12.4 Å². The fraction of sp³-hybridized carbons (Fsp3) is 0.148. The van der Waals surface area contributed by atoms with E-state index in [4.69, 9.17) is 27.9 Å². The van der Waals surface area contributed by atoms with E-state index < -0.39 is 0 Å². The van der Waals surface area contributed by atoms with Crippen LogP contribution in [0.25, 0.3) is 21.9 Å². The molecule has 5 rings (SSSR count). The molecule has 0 saturated carbocycles. The zero-order valence-electron chi connectivity index (χ0n) is 18.8. The van der Waals surface area contributed by atoms with Crippen LogP contribution in [-0.2, 0) is 0 Å². The van der Waals surface area contributed by atoms with E-state index >= 15 is 0 Å². The number of halogens is 2. The molecule has 1 aliphatic heterocycles. The molecule has 0 unspecified atom stereocenters. The highest BCUT2D eigenvalue weighted by Gasteiger charge is 2.23. The number of hydrazine groups is 1. The third-order valence-electron chi connectivity index (χ3n) is 5.86. The highest BCUT2D eigenvalue weighted by molar-refractivity contribution is 6.35. The molecule has 1 heterocycles. The Labute approximate surface area is 208 Å². The summed E-state index contributed by atoms with van der Waals surface area (Å²) >= 11 is 12.5. The van der Waals surface area contributed by atoms with Gasteiger partial charge in [-0.05, 0) is 52.9 Å². The SMILES string of the molecule is CN(C)c1c(C(=O)NN2CCOc3ccccc32)ccc2c(-c3cc(Cl)cc(Cl)c3)cccc12. The number of anilines is 2. The third-order valence-corrected chi connectivity index (χ3v) is 6.30. The lowest BCUT2D eigenvalue weighted by Crippen LogP contribution is -2.46. The maximum atomic E-state index is 13.5. The monoisotopic (exact) mass is 491 g/mol. The number of amides is 1. The van der Waals surface area contributed by atoms with Gasteiger partial charge in [0.25, 0.3) is 5.91 Å². The third kappa shape index (κ3) is 4.13. The number of carbonyl (C=O) groups is 1. The molecular weight excluding hydrogens is 469 g/mol. The lowest BCUT2D eigenvalue weighted by Gasteiger charge is -2.31. The van der Waals surface area contributed by atoms with E-state index in [9.17, 15) is 4.79 Å². The fourth-order valence-corrected chi connectivity index (χ4v) is 4.96. The molecule has 0 atom stereocenters. The first-order valence-electron chi connectivity index (χ1n) is 10.9. The lowest BCUT2D eigenvalue weighted by molar-refractivity contribution is 0.0945. The number of benzene rings is 4. The van der Waals surface area contributed by atoms with E-state index in [0.29, 0.717) is 28.8 Å². The minimum atomic E-state index is -0.182. The lowest BCUT2D eigenvalue weighted by atomic mass is 9.95. The van der Waals surface area contributed by atoms with Crippen LogP contribution in [0.1, 0.15) is 10.4 Å². The van der Waals surface area contributed by atoms with Crippen molar-refractivity contribution in [1.82, 2.24) is 5.43 Å². The number of ether oxygens (including phenoxy) is 1. The Hall–Kier alpha value is -3.41. The van der Waals surface area contributed by atoms with E-state index in [2.05, 4.69) is 5.43 Å². The van der Waals surface area contributed by atoms with E-state index in [-0.39, 0.29) is 5.91 Å². The molecule has 0 bridgehead atoms. The average molecular weight is 492 g/mol. The molecule has 0 aromatic heterocycles.